The molecule has 0 radical (unpaired) electrons. The normalized spacial score (nSPS) is 28.0. The molecular weight excluding hydrogens is 306 g/mol. The van der Waals surface area contributed by atoms with Crippen molar-refractivity contribution in [1.29, 1.82) is 0 Å². The Morgan fingerprint density at radius 3 is 2.27 bits per heavy atom. The quantitative estimate of drug-likeness (QED) is 0.813. The van der Waals surface area contributed by atoms with Crippen molar-refractivity contribution in [3.05, 3.63) is 0 Å². The molecule has 126 valence electrons. The van der Waals surface area contributed by atoms with Crippen LogP contribution >= 0.6 is 12.4 Å². The number of fused-ring (bicyclic) bond motifs is 2. The number of nitrogens with one attached hydrogen (secondary N) is 1. The van der Waals surface area contributed by atoms with Gasteiger partial charge < -0.3 is 19.9 Å². The lowest BCUT2D eigenvalue weighted by Gasteiger charge is -2.28. The largest absolute Gasteiger partial charge is 0.378 e. The highest BCUT2D eigenvalue weighted by molar-refractivity contribution is 5.85. The van der Waals surface area contributed by atoms with E-state index in [1.165, 1.54) is 12.8 Å². The molecule has 3 aliphatic heterocycles. The Kier molecular flexibility index (Phi) is 6.47. The molecule has 2 unspecified atom stereocenters. The lowest BCUT2D eigenvalue weighted by atomic mass is 10.1. The van der Waals surface area contributed by atoms with E-state index in [0.717, 1.165) is 19.5 Å². The fourth-order valence-corrected chi connectivity index (χ4v) is 3.51. The second kappa shape index (κ2) is 8.13. The predicted molar refractivity (Wildman–Crippen MR) is 85.0 cm³/mol. The van der Waals surface area contributed by atoms with Crippen LogP contribution in [0.15, 0.2) is 0 Å². The van der Waals surface area contributed by atoms with Gasteiger partial charge in [0.25, 0.3) is 0 Å². The standard InChI is InChI=1S/C15H25N3O3.ClH/c19-14(17-7-9-21-10-8-17)3-4-15(20)18-6-5-12-1-2-13(11-18)16-12;/h12-13,16H,1-11H2;1H. The second-order valence-corrected chi connectivity index (χ2v) is 6.26. The maximum atomic E-state index is 12.3. The summed E-state index contributed by atoms with van der Waals surface area (Å²) in [7, 11) is 0. The molecule has 3 saturated heterocycles. The molecule has 0 aromatic carbocycles. The van der Waals surface area contributed by atoms with Gasteiger partial charge >= 0.3 is 0 Å². The van der Waals surface area contributed by atoms with E-state index in [0.29, 0.717) is 51.2 Å². The predicted octanol–water partition coefficient (Wildman–Crippen LogP) is 0.400. The van der Waals surface area contributed by atoms with Crippen LogP contribution in [0, 0.1) is 0 Å². The summed E-state index contributed by atoms with van der Waals surface area (Å²) in [5, 5.41) is 3.57. The third-order valence-electron chi connectivity index (χ3n) is 4.79. The molecule has 3 fully saturated rings. The molecular formula is C15H26ClN3O3. The third kappa shape index (κ3) is 4.33. The van der Waals surface area contributed by atoms with E-state index in [1.807, 2.05) is 9.80 Å². The Balaban J connectivity index is 0.00000176. The summed E-state index contributed by atoms with van der Waals surface area (Å²) in [6.07, 6.45) is 4.12. The van der Waals surface area contributed by atoms with Gasteiger partial charge in [0.05, 0.1) is 13.2 Å². The van der Waals surface area contributed by atoms with Crippen LogP contribution in [0.1, 0.15) is 32.1 Å². The number of hydrogen-bond acceptors (Lipinski definition) is 4. The Morgan fingerprint density at radius 1 is 0.909 bits per heavy atom. The van der Waals surface area contributed by atoms with Crippen LogP contribution in [0.25, 0.3) is 0 Å². The van der Waals surface area contributed by atoms with Crippen molar-refractivity contribution in [2.24, 2.45) is 0 Å². The molecule has 2 amide bonds. The molecule has 22 heavy (non-hydrogen) atoms. The monoisotopic (exact) mass is 331 g/mol. The maximum Gasteiger partial charge on any atom is 0.223 e. The third-order valence-corrected chi connectivity index (χ3v) is 4.79. The van der Waals surface area contributed by atoms with Crippen LogP contribution in [0.2, 0.25) is 0 Å². The van der Waals surface area contributed by atoms with Crippen molar-refractivity contribution in [3.8, 4) is 0 Å². The molecule has 0 aromatic heterocycles. The zero-order valence-corrected chi connectivity index (χ0v) is 13.8. The highest BCUT2D eigenvalue weighted by Gasteiger charge is 2.31. The number of carbonyl (C=O) groups excluding carboxylic acids is 2. The van der Waals surface area contributed by atoms with Crippen molar-refractivity contribution in [1.82, 2.24) is 15.1 Å². The fourth-order valence-electron chi connectivity index (χ4n) is 3.51. The van der Waals surface area contributed by atoms with Crippen LogP contribution < -0.4 is 5.32 Å². The number of carbonyl (C=O) groups is 2. The van der Waals surface area contributed by atoms with E-state index in [1.54, 1.807) is 0 Å². The van der Waals surface area contributed by atoms with E-state index in [4.69, 9.17) is 4.74 Å². The van der Waals surface area contributed by atoms with Crippen molar-refractivity contribution in [3.63, 3.8) is 0 Å². The van der Waals surface area contributed by atoms with Gasteiger partial charge in [0.2, 0.25) is 11.8 Å². The summed E-state index contributed by atoms with van der Waals surface area (Å²) in [4.78, 5) is 28.1. The van der Waals surface area contributed by atoms with Gasteiger partial charge in [-0.3, -0.25) is 9.59 Å². The molecule has 0 saturated carbocycles. The first-order chi connectivity index (χ1) is 10.2. The van der Waals surface area contributed by atoms with E-state index in [2.05, 4.69) is 5.32 Å². The van der Waals surface area contributed by atoms with Gasteiger partial charge in [-0.25, -0.2) is 0 Å². The Labute approximate surface area is 137 Å². The smallest absolute Gasteiger partial charge is 0.223 e. The maximum absolute atomic E-state index is 12.3. The Bertz CT molecular complexity index is 401. The molecule has 1 N–H and O–H groups in total. The highest BCUT2D eigenvalue weighted by atomic mass is 35.5. The van der Waals surface area contributed by atoms with Crippen LogP contribution in [-0.2, 0) is 14.3 Å². The van der Waals surface area contributed by atoms with Crippen LogP contribution in [-0.4, -0.2) is 73.1 Å². The molecule has 3 rings (SSSR count). The zero-order chi connectivity index (χ0) is 14.7. The van der Waals surface area contributed by atoms with E-state index >= 15 is 0 Å². The van der Waals surface area contributed by atoms with Gasteiger partial charge in [0.15, 0.2) is 0 Å². The lowest BCUT2D eigenvalue weighted by molar-refractivity contribution is -0.139. The van der Waals surface area contributed by atoms with Crippen LogP contribution in [0.5, 0.6) is 0 Å². The minimum atomic E-state index is 0. The molecule has 0 spiro atoms. The van der Waals surface area contributed by atoms with Crippen molar-refractivity contribution >= 4 is 24.2 Å². The number of morpholine rings is 1. The molecule has 2 atom stereocenters. The van der Waals surface area contributed by atoms with Crippen molar-refractivity contribution in [2.75, 3.05) is 39.4 Å². The van der Waals surface area contributed by atoms with Crippen LogP contribution in [0.3, 0.4) is 0 Å². The fraction of sp³-hybridized carbons (Fsp3) is 0.867. The number of ether oxygens (including phenoxy) is 1. The molecule has 7 heteroatoms. The average Bonchev–Trinajstić information content (AvgIpc) is 2.84. The minimum Gasteiger partial charge on any atom is -0.378 e. The number of amides is 2. The second-order valence-electron chi connectivity index (χ2n) is 6.26. The van der Waals surface area contributed by atoms with Gasteiger partial charge in [-0.05, 0) is 19.3 Å². The minimum absolute atomic E-state index is 0. The lowest BCUT2D eigenvalue weighted by Crippen LogP contribution is -2.42. The van der Waals surface area contributed by atoms with Gasteiger partial charge in [0, 0.05) is 51.1 Å². The molecule has 6 nitrogen and oxygen atoms in total. The SMILES string of the molecule is Cl.O=C(CCC(=O)N1CCC2CCC(C1)N2)N1CCOCC1. The van der Waals surface area contributed by atoms with E-state index in [-0.39, 0.29) is 24.2 Å². The summed E-state index contributed by atoms with van der Waals surface area (Å²) in [6.45, 7) is 4.18. The van der Waals surface area contributed by atoms with Gasteiger partial charge in [0.1, 0.15) is 0 Å². The topological polar surface area (TPSA) is 61.9 Å². The molecule has 0 aliphatic carbocycles. The number of hydrogen-bond donors (Lipinski definition) is 1. The first-order valence-electron chi connectivity index (χ1n) is 8.12. The first-order valence-corrected chi connectivity index (χ1v) is 8.12. The number of halogens is 1. The Morgan fingerprint density at radius 2 is 1.55 bits per heavy atom. The van der Waals surface area contributed by atoms with Gasteiger partial charge in [-0.1, -0.05) is 0 Å². The number of nitrogens with zero attached hydrogens (tertiary/aromatic N) is 2. The zero-order valence-electron chi connectivity index (χ0n) is 13.0. The van der Waals surface area contributed by atoms with Crippen LogP contribution in [0.4, 0.5) is 0 Å². The molecule has 2 bridgehead atoms. The van der Waals surface area contributed by atoms with Gasteiger partial charge in [-0.2, -0.15) is 0 Å². The molecule has 3 aliphatic rings. The van der Waals surface area contributed by atoms with Crippen molar-refractivity contribution < 1.29 is 14.3 Å². The summed E-state index contributed by atoms with van der Waals surface area (Å²) in [6, 6.07) is 1.04. The molecule has 3 heterocycles. The first kappa shape index (κ1) is 17.5. The van der Waals surface area contributed by atoms with E-state index < -0.39 is 0 Å². The van der Waals surface area contributed by atoms with Crippen molar-refractivity contribution in [2.45, 2.75) is 44.2 Å². The van der Waals surface area contributed by atoms with E-state index in [9.17, 15) is 9.59 Å². The number of rotatable bonds is 3. The molecule has 0 aromatic rings. The summed E-state index contributed by atoms with van der Waals surface area (Å²) < 4.78 is 5.24. The highest BCUT2D eigenvalue weighted by Crippen LogP contribution is 2.21. The van der Waals surface area contributed by atoms with Gasteiger partial charge in [-0.15, -0.1) is 12.4 Å². The summed E-state index contributed by atoms with van der Waals surface area (Å²) in [5.74, 6) is 0.215. The average molecular weight is 332 g/mol. The number of likely N-dealkylation sites (tertiary alicyclic amines) is 1. The summed E-state index contributed by atoms with van der Waals surface area (Å²) >= 11 is 0. The Hall–Kier alpha value is -0.850. The summed E-state index contributed by atoms with van der Waals surface area (Å²) in [5.41, 5.74) is 0.